The minimum Gasteiger partial charge on any atom is -0.472 e. The van der Waals surface area contributed by atoms with Crippen LogP contribution in [-0.4, -0.2) is 23.3 Å². The van der Waals surface area contributed by atoms with E-state index in [1.807, 2.05) is 12.3 Å². The Bertz CT molecular complexity index is 563. The van der Waals surface area contributed by atoms with Crippen molar-refractivity contribution >= 4 is 28.3 Å². The second-order valence-corrected chi connectivity index (χ2v) is 4.72. The molecule has 2 aromatic heterocycles. The fraction of sp³-hybridized carbons (Fsp3) is 0.250. The van der Waals surface area contributed by atoms with Crippen LogP contribution in [0.2, 0.25) is 0 Å². The Morgan fingerprint density at radius 3 is 2.95 bits per heavy atom. The second kappa shape index (κ2) is 6.14. The summed E-state index contributed by atoms with van der Waals surface area (Å²) in [5.41, 5.74) is 1.31. The molecule has 7 heteroatoms. The number of nitrogens with one attached hydrogen (secondary N) is 2. The van der Waals surface area contributed by atoms with Crippen LogP contribution in [0.15, 0.2) is 28.4 Å². The predicted molar refractivity (Wildman–Crippen MR) is 71.1 cm³/mol. The molecule has 2 heterocycles. The third-order valence-electron chi connectivity index (χ3n) is 2.29. The first-order valence-electron chi connectivity index (χ1n) is 5.67. The first kappa shape index (κ1) is 13.3. The molecule has 2 aromatic rings. The van der Waals surface area contributed by atoms with Crippen LogP contribution in [0, 0.1) is 6.92 Å². The normalized spacial score (nSPS) is 10.2. The smallest absolute Gasteiger partial charge is 0.254 e. The molecule has 2 N–H and O–H groups in total. The summed E-state index contributed by atoms with van der Waals surface area (Å²) in [6, 6.07) is 1.56. The molecule has 19 heavy (non-hydrogen) atoms. The quantitative estimate of drug-likeness (QED) is 0.874. The summed E-state index contributed by atoms with van der Waals surface area (Å²) in [5.74, 6) is -0.437. The molecule has 0 atom stereocenters. The fourth-order valence-corrected chi connectivity index (χ4v) is 2.08. The molecular weight excluding hydrogens is 266 g/mol. The van der Waals surface area contributed by atoms with E-state index in [-0.39, 0.29) is 24.8 Å². The number of nitrogens with zero attached hydrogens (tertiary/aromatic N) is 1. The third kappa shape index (κ3) is 3.92. The van der Waals surface area contributed by atoms with E-state index in [0.29, 0.717) is 10.7 Å². The Balaban J connectivity index is 1.71. The van der Waals surface area contributed by atoms with Crippen molar-refractivity contribution < 1.29 is 14.0 Å². The Hall–Kier alpha value is -2.15. The zero-order chi connectivity index (χ0) is 13.7. The highest BCUT2D eigenvalue weighted by molar-refractivity contribution is 7.13. The van der Waals surface area contributed by atoms with E-state index in [1.165, 1.54) is 23.9 Å². The van der Waals surface area contributed by atoms with E-state index < -0.39 is 0 Å². The first-order chi connectivity index (χ1) is 9.15. The maximum absolute atomic E-state index is 11.6. The van der Waals surface area contributed by atoms with Crippen molar-refractivity contribution in [2.45, 2.75) is 13.3 Å². The van der Waals surface area contributed by atoms with Crippen molar-refractivity contribution in [3.8, 4) is 0 Å². The highest BCUT2D eigenvalue weighted by atomic mass is 32.1. The van der Waals surface area contributed by atoms with Gasteiger partial charge in [0.25, 0.3) is 5.91 Å². The zero-order valence-electron chi connectivity index (χ0n) is 10.3. The average Bonchev–Trinajstić information content (AvgIpc) is 3.00. The Morgan fingerprint density at radius 1 is 1.47 bits per heavy atom. The lowest BCUT2D eigenvalue weighted by Crippen LogP contribution is -2.27. The standard InChI is InChI=1S/C12H13N3O3S/c1-8-7-19-12(14-8)15-10(16)2-4-13-11(17)9-3-5-18-6-9/h3,5-7H,2,4H2,1H3,(H,13,17)(H,14,15,16). The number of aryl methyl sites for hydroxylation is 1. The van der Waals surface area contributed by atoms with E-state index in [0.717, 1.165) is 5.69 Å². The summed E-state index contributed by atoms with van der Waals surface area (Å²) < 4.78 is 4.80. The lowest BCUT2D eigenvalue weighted by Gasteiger charge is -2.03. The van der Waals surface area contributed by atoms with E-state index in [4.69, 9.17) is 4.42 Å². The summed E-state index contributed by atoms with van der Waals surface area (Å²) >= 11 is 1.37. The average molecular weight is 279 g/mol. The predicted octanol–water partition coefficient (Wildman–Crippen LogP) is 1.80. The Morgan fingerprint density at radius 2 is 2.32 bits per heavy atom. The molecule has 0 aliphatic heterocycles. The summed E-state index contributed by atoms with van der Waals surface area (Å²) in [7, 11) is 0. The molecular formula is C12H13N3O3S. The Kier molecular flexibility index (Phi) is 4.30. The van der Waals surface area contributed by atoms with Crippen molar-refractivity contribution in [2.24, 2.45) is 0 Å². The fourth-order valence-electron chi connectivity index (χ4n) is 1.38. The number of carbonyl (C=O) groups excluding carboxylic acids is 2. The van der Waals surface area contributed by atoms with Crippen LogP contribution in [-0.2, 0) is 4.79 Å². The van der Waals surface area contributed by atoms with Crippen LogP contribution in [0.3, 0.4) is 0 Å². The SMILES string of the molecule is Cc1csc(NC(=O)CCNC(=O)c2ccoc2)n1. The van der Waals surface area contributed by atoms with E-state index in [1.54, 1.807) is 6.07 Å². The number of anilines is 1. The molecule has 6 nitrogen and oxygen atoms in total. The molecule has 2 rings (SSSR count). The van der Waals surface area contributed by atoms with Crippen molar-refractivity contribution in [3.05, 3.63) is 35.2 Å². The molecule has 0 saturated carbocycles. The molecule has 100 valence electrons. The molecule has 0 radical (unpaired) electrons. The van der Waals surface area contributed by atoms with E-state index in [9.17, 15) is 9.59 Å². The summed E-state index contributed by atoms with van der Waals surface area (Å²) in [5, 5.41) is 7.73. The highest BCUT2D eigenvalue weighted by Gasteiger charge is 2.08. The van der Waals surface area contributed by atoms with Gasteiger partial charge in [-0.3, -0.25) is 9.59 Å². The molecule has 0 aliphatic rings. The number of hydrogen-bond acceptors (Lipinski definition) is 5. The largest absolute Gasteiger partial charge is 0.472 e. The Labute approximate surface area is 113 Å². The number of aromatic nitrogens is 1. The van der Waals surface area contributed by atoms with Gasteiger partial charge in [0.15, 0.2) is 5.13 Å². The third-order valence-corrected chi connectivity index (χ3v) is 3.16. The van der Waals surface area contributed by atoms with Crippen molar-refractivity contribution in [1.29, 1.82) is 0 Å². The van der Waals surface area contributed by atoms with Crippen LogP contribution >= 0.6 is 11.3 Å². The molecule has 0 aliphatic carbocycles. The lowest BCUT2D eigenvalue weighted by molar-refractivity contribution is -0.116. The monoisotopic (exact) mass is 279 g/mol. The van der Waals surface area contributed by atoms with Gasteiger partial charge in [0.2, 0.25) is 5.91 Å². The van der Waals surface area contributed by atoms with Crippen LogP contribution < -0.4 is 10.6 Å². The van der Waals surface area contributed by atoms with Gasteiger partial charge < -0.3 is 15.1 Å². The maximum Gasteiger partial charge on any atom is 0.254 e. The zero-order valence-corrected chi connectivity index (χ0v) is 11.1. The lowest BCUT2D eigenvalue weighted by atomic mass is 10.3. The van der Waals surface area contributed by atoms with Gasteiger partial charge in [-0.2, -0.15) is 0 Å². The molecule has 0 aromatic carbocycles. The van der Waals surface area contributed by atoms with Gasteiger partial charge in [0.05, 0.1) is 17.5 Å². The number of rotatable bonds is 5. The number of amides is 2. The number of carbonyl (C=O) groups is 2. The molecule has 0 saturated heterocycles. The van der Waals surface area contributed by atoms with Crippen LogP contribution in [0.1, 0.15) is 22.5 Å². The summed E-state index contributed by atoms with van der Waals surface area (Å²) in [4.78, 5) is 27.2. The topological polar surface area (TPSA) is 84.2 Å². The van der Waals surface area contributed by atoms with Gasteiger partial charge >= 0.3 is 0 Å². The van der Waals surface area contributed by atoms with Gasteiger partial charge in [-0.05, 0) is 13.0 Å². The van der Waals surface area contributed by atoms with Gasteiger partial charge in [-0.15, -0.1) is 11.3 Å². The van der Waals surface area contributed by atoms with Gasteiger partial charge in [0, 0.05) is 18.3 Å². The molecule has 0 unspecified atom stereocenters. The molecule has 0 bridgehead atoms. The van der Waals surface area contributed by atoms with Gasteiger partial charge in [-0.1, -0.05) is 0 Å². The second-order valence-electron chi connectivity index (χ2n) is 3.86. The van der Waals surface area contributed by atoms with Crippen molar-refractivity contribution in [2.75, 3.05) is 11.9 Å². The minimum absolute atomic E-state index is 0.179. The van der Waals surface area contributed by atoms with Gasteiger partial charge in [0.1, 0.15) is 6.26 Å². The van der Waals surface area contributed by atoms with Crippen LogP contribution in [0.25, 0.3) is 0 Å². The number of furan rings is 1. The summed E-state index contributed by atoms with van der Waals surface area (Å²) in [6.07, 6.45) is 2.97. The minimum atomic E-state index is -0.258. The molecule has 0 spiro atoms. The van der Waals surface area contributed by atoms with Crippen molar-refractivity contribution in [1.82, 2.24) is 10.3 Å². The first-order valence-corrected chi connectivity index (χ1v) is 6.55. The van der Waals surface area contributed by atoms with Crippen LogP contribution in [0.5, 0.6) is 0 Å². The molecule has 2 amide bonds. The van der Waals surface area contributed by atoms with Crippen LogP contribution in [0.4, 0.5) is 5.13 Å². The van der Waals surface area contributed by atoms with Gasteiger partial charge in [-0.25, -0.2) is 4.98 Å². The van der Waals surface area contributed by atoms with Crippen molar-refractivity contribution in [3.63, 3.8) is 0 Å². The molecule has 0 fully saturated rings. The number of thiazole rings is 1. The van der Waals surface area contributed by atoms with E-state index in [2.05, 4.69) is 15.6 Å². The number of hydrogen-bond donors (Lipinski definition) is 2. The maximum atomic E-state index is 11.6. The highest BCUT2D eigenvalue weighted by Crippen LogP contribution is 2.14. The summed E-state index contributed by atoms with van der Waals surface area (Å²) in [6.45, 7) is 2.12. The van der Waals surface area contributed by atoms with E-state index >= 15 is 0 Å².